The molecule has 0 amide bonds. The Morgan fingerprint density at radius 1 is 1.00 bits per heavy atom. The number of nitrogens with zero attached hydrogens (tertiary/aromatic N) is 1. The van der Waals surface area contributed by atoms with Gasteiger partial charge in [-0.15, -0.1) is 0 Å². The highest BCUT2D eigenvalue weighted by Crippen LogP contribution is 2.34. The summed E-state index contributed by atoms with van der Waals surface area (Å²) in [7, 11) is 0. The Balaban J connectivity index is 2.10. The first-order valence-corrected chi connectivity index (χ1v) is 6.58. The third kappa shape index (κ3) is 2.68. The molecule has 1 aliphatic rings. The number of carbonyl (C=O) groups is 1. The number of nitro benzene ring substituents is 1. The first-order valence-electron chi connectivity index (χ1n) is 6.58. The average molecular weight is 317 g/mol. The predicted octanol–water partition coefficient (Wildman–Crippen LogP) is 3.34. The molecule has 0 bridgehead atoms. The van der Waals surface area contributed by atoms with Crippen LogP contribution in [0.3, 0.4) is 0 Å². The lowest BCUT2D eigenvalue weighted by molar-refractivity contribution is -0.384. The summed E-state index contributed by atoms with van der Waals surface area (Å²) in [5.41, 5.74) is 1.21. The maximum absolute atomic E-state index is 13.4. The highest BCUT2D eigenvalue weighted by atomic mass is 19.2. The van der Waals surface area contributed by atoms with E-state index in [1.165, 1.54) is 30.3 Å². The van der Waals surface area contributed by atoms with Crippen molar-refractivity contribution < 1.29 is 23.2 Å². The second-order valence-corrected chi connectivity index (χ2v) is 4.86. The van der Waals surface area contributed by atoms with Gasteiger partial charge in [-0.25, -0.2) is 13.6 Å². The fourth-order valence-electron chi connectivity index (χ4n) is 2.36. The van der Waals surface area contributed by atoms with Crippen LogP contribution in [-0.4, -0.2) is 17.5 Å². The first kappa shape index (κ1) is 14.8. The molecule has 0 aromatic heterocycles. The van der Waals surface area contributed by atoms with Crippen molar-refractivity contribution in [2.75, 3.05) is 6.61 Å². The molecule has 2 aromatic rings. The number of cyclic esters (lactones) is 1. The zero-order valence-corrected chi connectivity index (χ0v) is 11.6. The van der Waals surface area contributed by atoms with Gasteiger partial charge in [0, 0.05) is 17.7 Å². The lowest BCUT2D eigenvalue weighted by Crippen LogP contribution is -1.99. The minimum absolute atomic E-state index is 0.0732. The quantitative estimate of drug-likeness (QED) is 0.494. The Hall–Kier alpha value is -3.09. The molecule has 3 rings (SSSR count). The molecule has 0 saturated heterocycles. The summed E-state index contributed by atoms with van der Waals surface area (Å²) in [5, 5.41) is 10.7. The number of rotatable bonds is 3. The normalized spacial score (nSPS) is 14.1. The van der Waals surface area contributed by atoms with E-state index in [4.69, 9.17) is 4.74 Å². The lowest BCUT2D eigenvalue weighted by Gasteiger charge is -2.05. The van der Waals surface area contributed by atoms with E-state index in [1.807, 2.05) is 0 Å². The van der Waals surface area contributed by atoms with Crippen molar-refractivity contribution in [1.29, 1.82) is 0 Å². The monoisotopic (exact) mass is 317 g/mol. The molecule has 23 heavy (non-hydrogen) atoms. The highest BCUT2D eigenvalue weighted by Gasteiger charge is 2.28. The van der Waals surface area contributed by atoms with E-state index in [0.717, 1.165) is 12.1 Å². The number of esters is 1. The van der Waals surface area contributed by atoms with Gasteiger partial charge in [-0.2, -0.15) is 0 Å². The number of nitro groups is 1. The second kappa shape index (κ2) is 5.60. The molecule has 1 heterocycles. The van der Waals surface area contributed by atoms with Gasteiger partial charge in [0.2, 0.25) is 0 Å². The van der Waals surface area contributed by atoms with Crippen molar-refractivity contribution in [2.45, 2.75) is 0 Å². The van der Waals surface area contributed by atoms with Gasteiger partial charge < -0.3 is 4.74 Å². The van der Waals surface area contributed by atoms with Gasteiger partial charge >= 0.3 is 5.97 Å². The molecule has 7 heteroatoms. The molecule has 1 aliphatic heterocycles. The summed E-state index contributed by atoms with van der Waals surface area (Å²) in [5.74, 6) is -2.63. The Kier molecular flexibility index (Phi) is 3.61. The van der Waals surface area contributed by atoms with E-state index in [2.05, 4.69) is 0 Å². The third-order valence-corrected chi connectivity index (χ3v) is 3.49. The van der Waals surface area contributed by atoms with Gasteiger partial charge in [-0.05, 0) is 35.4 Å². The molecular formula is C16H9F2NO4. The van der Waals surface area contributed by atoms with Crippen molar-refractivity contribution in [3.8, 4) is 0 Å². The van der Waals surface area contributed by atoms with Crippen LogP contribution in [-0.2, 0) is 9.53 Å². The first-order chi connectivity index (χ1) is 11.0. The molecule has 0 spiro atoms. The minimum Gasteiger partial charge on any atom is -0.457 e. The minimum atomic E-state index is -1.03. The van der Waals surface area contributed by atoms with Gasteiger partial charge in [0.15, 0.2) is 11.6 Å². The Morgan fingerprint density at radius 3 is 2.26 bits per heavy atom. The van der Waals surface area contributed by atoms with Crippen molar-refractivity contribution >= 4 is 22.8 Å². The molecule has 0 aliphatic carbocycles. The Morgan fingerprint density at radius 2 is 1.65 bits per heavy atom. The van der Waals surface area contributed by atoms with Crippen LogP contribution in [0.4, 0.5) is 14.5 Å². The van der Waals surface area contributed by atoms with Crippen molar-refractivity contribution in [1.82, 2.24) is 0 Å². The van der Waals surface area contributed by atoms with Gasteiger partial charge in [-0.3, -0.25) is 10.1 Å². The molecule has 0 saturated carbocycles. The zero-order chi connectivity index (χ0) is 16.6. The summed E-state index contributed by atoms with van der Waals surface area (Å²) >= 11 is 0. The Bertz CT molecular complexity index is 844. The van der Waals surface area contributed by atoms with E-state index >= 15 is 0 Å². The van der Waals surface area contributed by atoms with Gasteiger partial charge in [0.25, 0.3) is 5.69 Å². The summed E-state index contributed by atoms with van der Waals surface area (Å²) in [4.78, 5) is 22.1. The van der Waals surface area contributed by atoms with E-state index in [0.29, 0.717) is 16.7 Å². The van der Waals surface area contributed by atoms with Crippen molar-refractivity contribution in [3.05, 3.63) is 75.3 Å². The van der Waals surface area contributed by atoms with Crippen LogP contribution in [0.25, 0.3) is 11.1 Å². The molecular weight excluding hydrogens is 308 g/mol. The summed E-state index contributed by atoms with van der Waals surface area (Å²) < 4.78 is 31.4. The maximum atomic E-state index is 13.4. The lowest BCUT2D eigenvalue weighted by atomic mass is 9.96. The largest absolute Gasteiger partial charge is 0.457 e. The second-order valence-electron chi connectivity index (χ2n) is 4.86. The fraction of sp³-hybridized carbons (Fsp3) is 0.0625. The summed E-state index contributed by atoms with van der Waals surface area (Å²) in [6.45, 7) is -0.0732. The number of benzene rings is 2. The van der Waals surface area contributed by atoms with Crippen LogP contribution in [0.1, 0.15) is 11.1 Å². The summed E-state index contributed by atoms with van der Waals surface area (Å²) in [6, 6.07) is 8.65. The molecule has 0 atom stereocenters. The van der Waals surface area contributed by atoms with Crippen LogP contribution in [0, 0.1) is 21.7 Å². The van der Waals surface area contributed by atoms with E-state index < -0.39 is 22.5 Å². The number of non-ortho nitro benzene ring substituents is 1. The molecule has 2 aromatic carbocycles. The zero-order valence-electron chi connectivity index (χ0n) is 11.6. The average Bonchev–Trinajstić information content (AvgIpc) is 2.92. The number of hydrogen-bond donors (Lipinski definition) is 0. The molecule has 0 radical (unpaired) electrons. The smallest absolute Gasteiger partial charge is 0.339 e. The number of halogens is 2. The third-order valence-electron chi connectivity index (χ3n) is 3.49. The van der Waals surface area contributed by atoms with Gasteiger partial charge in [-0.1, -0.05) is 6.07 Å². The van der Waals surface area contributed by atoms with Crippen LogP contribution >= 0.6 is 0 Å². The van der Waals surface area contributed by atoms with Crippen molar-refractivity contribution in [2.24, 2.45) is 0 Å². The van der Waals surface area contributed by atoms with E-state index in [1.54, 1.807) is 0 Å². The summed E-state index contributed by atoms with van der Waals surface area (Å²) in [6.07, 6.45) is 0. The SMILES string of the molecule is O=C1OCC(c2ccc(F)c(F)c2)=C1c1ccc([N+](=O)[O-])cc1. The van der Waals surface area contributed by atoms with Crippen LogP contribution in [0.2, 0.25) is 0 Å². The van der Waals surface area contributed by atoms with E-state index in [-0.39, 0.29) is 17.9 Å². The Labute approximate surface area is 129 Å². The highest BCUT2D eigenvalue weighted by molar-refractivity contribution is 6.27. The van der Waals surface area contributed by atoms with Crippen LogP contribution < -0.4 is 0 Å². The molecule has 116 valence electrons. The maximum Gasteiger partial charge on any atom is 0.339 e. The topological polar surface area (TPSA) is 69.4 Å². The van der Waals surface area contributed by atoms with Crippen molar-refractivity contribution in [3.63, 3.8) is 0 Å². The number of carbonyl (C=O) groups excluding carboxylic acids is 1. The van der Waals surface area contributed by atoms with Crippen LogP contribution in [0.15, 0.2) is 42.5 Å². The van der Waals surface area contributed by atoms with Gasteiger partial charge in [0.1, 0.15) is 6.61 Å². The molecule has 0 fully saturated rings. The predicted molar refractivity (Wildman–Crippen MR) is 77.2 cm³/mol. The molecule has 5 nitrogen and oxygen atoms in total. The number of hydrogen-bond acceptors (Lipinski definition) is 4. The van der Waals surface area contributed by atoms with E-state index in [9.17, 15) is 23.7 Å². The van der Waals surface area contributed by atoms with Gasteiger partial charge in [0.05, 0.1) is 10.5 Å². The number of ether oxygens (including phenoxy) is 1. The van der Waals surface area contributed by atoms with Crippen LogP contribution in [0.5, 0.6) is 0 Å². The fourth-order valence-corrected chi connectivity index (χ4v) is 2.36. The molecule has 0 N–H and O–H groups in total. The standard InChI is InChI=1S/C16H9F2NO4/c17-13-6-3-10(7-14(13)18)12-8-23-16(20)15(12)9-1-4-11(5-2-9)19(21)22/h1-7H,8H2. The molecule has 0 unspecified atom stereocenters.